The first-order chi connectivity index (χ1) is 9.95. The highest BCUT2D eigenvalue weighted by Crippen LogP contribution is 2.30. The van der Waals surface area contributed by atoms with Crippen LogP contribution in [0.2, 0.25) is 0 Å². The van der Waals surface area contributed by atoms with Crippen LogP contribution in [-0.2, 0) is 10.2 Å². The third-order valence-corrected chi connectivity index (χ3v) is 4.63. The largest absolute Gasteiger partial charge is 0.465 e. The number of carbonyl (C=O) groups is 1. The Morgan fingerprint density at radius 2 is 2.10 bits per heavy atom. The number of hydrogen-bond donors (Lipinski definition) is 2. The second-order valence-electron chi connectivity index (χ2n) is 5.48. The number of methoxy groups -OCH3 is 1. The Morgan fingerprint density at radius 3 is 2.71 bits per heavy atom. The number of nitrogens with two attached hydrogens (primary N) is 1. The van der Waals surface area contributed by atoms with Gasteiger partial charge in [0.05, 0.1) is 24.0 Å². The number of para-hydroxylation sites is 1. The van der Waals surface area contributed by atoms with Crippen molar-refractivity contribution < 1.29 is 9.53 Å². The first-order valence-corrected chi connectivity index (χ1v) is 7.58. The van der Waals surface area contributed by atoms with Gasteiger partial charge in [-0.2, -0.15) is 0 Å². The van der Waals surface area contributed by atoms with Crippen LogP contribution in [0.1, 0.15) is 29.1 Å². The number of esters is 1. The van der Waals surface area contributed by atoms with Crippen molar-refractivity contribution in [2.24, 2.45) is 0 Å². The van der Waals surface area contributed by atoms with E-state index in [2.05, 4.69) is 30.6 Å². The van der Waals surface area contributed by atoms with Crippen molar-refractivity contribution >= 4 is 28.7 Å². The van der Waals surface area contributed by atoms with Gasteiger partial charge in [0.15, 0.2) is 0 Å². The number of benzene rings is 1. The fourth-order valence-electron chi connectivity index (χ4n) is 2.11. The minimum absolute atomic E-state index is 0.0517. The third kappa shape index (κ3) is 3.36. The van der Waals surface area contributed by atoms with Crippen molar-refractivity contribution in [3.05, 3.63) is 46.2 Å². The molecule has 1 heterocycles. The van der Waals surface area contributed by atoms with E-state index in [0.717, 1.165) is 0 Å². The molecule has 3 N–H and O–H groups in total. The second kappa shape index (κ2) is 6.18. The van der Waals surface area contributed by atoms with E-state index in [9.17, 15) is 4.79 Å². The minimum Gasteiger partial charge on any atom is -0.465 e. The van der Waals surface area contributed by atoms with Crippen molar-refractivity contribution in [1.82, 2.24) is 0 Å². The molecule has 0 aliphatic rings. The SMILES string of the molecule is COC(=O)c1cccc(N)c1NCC(C)(C)c1cccs1. The minimum atomic E-state index is -0.390. The Labute approximate surface area is 128 Å². The predicted octanol–water partition coefficient (Wildman–Crippen LogP) is 3.51. The maximum atomic E-state index is 11.8. The van der Waals surface area contributed by atoms with Crippen molar-refractivity contribution in [3.8, 4) is 0 Å². The lowest BCUT2D eigenvalue weighted by Crippen LogP contribution is -2.27. The van der Waals surface area contributed by atoms with E-state index in [4.69, 9.17) is 10.5 Å². The molecule has 2 aromatic rings. The van der Waals surface area contributed by atoms with Gasteiger partial charge in [0.1, 0.15) is 0 Å². The molecule has 5 heteroatoms. The quantitative estimate of drug-likeness (QED) is 0.655. The molecule has 1 aromatic carbocycles. The molecule has 0 atom stereocenters. The molecule has 4 nitrogen and oxygen atoms in total. The monoisotopic (exact) mass is 304 g/mol. The molecule has 0 bridgehead atoms. The summed E-state index contributed by atoms with van der Waals surface area (Å²) in [5, 5.41) is 5.37. The van der Waals surface area contributed by atoms with E-state index >= 15 is 0 Å². The first-order valence-electron chi connectivity index (χ1n) is 6.70. The average Bonchev–Trinajstić information content (AvgIpc) is 3.00. The molecule has 112 valence electrons. The lowest BCUT2D eigenvalue weighted by Gasteiger charge is -2.25. The highest BCUT2D eigenvalue weighted by molar-refractivity contribution is 7.10. The van der Waals surface area contributed by atoms with Gasteiger partial charge in [-0.3, -0.25) is 0 Å². The Kier molecular flexibility index (Phi) is 4.53. The molecule has 0 aliphatic heterocycles. The van der Waals surface area contributed by atoms with Gasteiger partial charge in [-0.25, -0.2) is 4.79 Å². The lowest BCUT2D eigenvalue weighted by molar-refractivity contribution is 0.0602. The standard InChI is InChI=1S/C16H20N2O2S/c1-16(2,13-8-5-9-21-13)10-18-14-11(15(19)20-3)6-4-7-12(14)17/h4-9,18H,10,17H2,1-3H3. The molecule has 0 aliphatic carbocycles. The molecule has 0 saturated carbocycles. The van der Waals surface area contributed by atoms with Crippen LogP contribution in [0.3, 0.4) is 0 Å². The summed E-state index contributed by atoms with van der Waals surface area (Å²) in [6.07, 6.45) is 0. The summed E-state index contributed by atoms with van der Waals surface area (Å²) in [6.45, 7) is 4.98. The van der Waals surface area contributed by atoms with Gasteiger partial charge in [-0.05, 0) is 23.6 Å². The summed E-state index contributed by atoms with van der Waals surface area (Å²) in [5.74, 6) is -0.390. The zero-order chi connectivity index (χ0) is 15.5. The molecule has 0 saturated heterocycles. The molecular weight excluding hydrogens is 284 g/mol. The van der Waals surface area contributed by atoms with E-state index in [0.29, 0.717) is 23.5 Å². The maximum Gasteiger partial charge on any atom is 0.340 e. The highest BCUT2D eigenvalue weighted by Gasteiger charge is 2.23. The Hall–Kier alpha value is -2.01. The van der Waals surface area contributed by atoms with Crippen molar-refractivity contribution in [2.75, 3.05) is 24.7 Å². The average molecular weight is 304 g/mol. The van der Waals surface area contributed by atoms with E-state index < -0.39 is 5.97 Å². The van der Waals surface area contributed by atoms with Crippen LogP contribution < -0.4 is 11.1 Å². The molecule has 0 spiro atoms. The molecule has 2 rings (SSSR count). The highest BCUT2D eigenvalue weighted by atomic mass is 32.1. The summed E-state index contributed by atoms with van der Waals surface area (Å²) in [4.78, 5) is 13.1. The van der Waals surface area contributed by atoms with Gasteiger partial charge in [-0.1, -0.05) is 26.0 Å². The smallest absolute Gasteiger partial charge is 0.340 e. The van der Waals surface area contributed by atoms with Crippen LogP contribution in [0.25, 0.3) is 0 Å². The number of ether oxygens (including phenoxy) is 1. The molecule has 0 radical (unpaired) electrons. The van der Waals surface area contributed by atoms with Crippen LogP contribution in [0, 0.1) is 0 Å². The summed E-state index contributed by atoms with van der Waals surface area (Å²) in [7, 11) is 1.37. The number of thiophene rings is 1. The summed E-state index contributed by atoms with van der Waals surface area (Å²) in [5.41, 5.74) is 7.58. The zero-order valence-corrected chi connectivity index (χ0v) is 13.3. The number of nitrogen functional groups attached to an aromatic ring is 1. The maximum absolute atomic E-state index is 11.8. The summed E-state index contributed by atoms with van der Waals surface area (Å²) >= 11 is 1.72. The van der Waals surface area contributed by atoms with Crippen molar-refractivity contribution in [1.29, 1.82) is 0 Å². The second-order valence-corrected chi connectivity index (χ2v) is 6.42. The molecule has 21 heavy (non-hydrogen) atoms. The van der Waals surface area contributed by atoms with Gasteiger partial charge < -0.3 is 15.8 Å². The first kappa shape index (κ1) is 15.4. The van der Waals surface area contributed by atoms with Gasteiger partial charge in [0, 0.05) is 16.8 Å². The van der Waals surface area contributed by atoms with E-state index in [1.807, 2.05) is 6.07 Å². The molecule has 0 fully saturated rings. The molecule has 0 amide bonds. The number of carbonyl (C=O) groups excluding carboxylic acids is 1. The normalized spacial score (nSPS) is 11.2. The number of anilines is 2. The van der Waals surface area contributed by atoms with Crippen LogP contribution in [0.15, 0.2) is 35.7 Å². The van der Waals surface area contributed by atoms with E-state index in [1.54, 1.807) is 29.5 Å². The van der Waals surface area contributed by atoms with Gasteiger partial charge in [0.2, 0.25) is 0 Å². The number of hydrogen-bond acceptors (Lipinski definition) is 5. The van der Waals surface area contributed by atoms with Crippen LogP contribution in [0.5, 0.6) is 0 Å². The van der Waals surface area contributed by atoms with E-state index in [1.165, 1.54) is 12.0 Å². The summed E-state index contributed by atoms with van der Waals surface area (Å²) < 4.78 is 4.80. The number of rotatable bonds is 5. The molecular formula is C16H20N2O2S. The molecule has 1 aromatic heterocycles. The fraction of sp³-hybridized carbons (Fsp3) is 0.312. The fourth-order valence-corrected chi connectivity index (χ4v) is 2.96. The lowest BCUT2D eigenvalue weighted by atomic mass is 9.91. The van der Waals surface area contributed by atoms with Crippen molar-refractivity contribution in [2.45, 2.75) is 19.3 Å². The predicted molar refractivity (Wildman–Crippen MR) is 88.0 cm³/mol. The van der Waals surface area contributed by atoms with Crippen LogP contribution in [-0.4, -0.2) is 19.6 Å². The number of nitrogens with one attached hydrogen (secondary N) is 1. The summed E-state index contributed by atoms with van der Waals surface area (Å²) in [6, 6.07) is 9.38. The topological polar surface area (TPSA) is 64.3 Å². The Bertz CT molecular complexity index is 621. The van der Waals surface area contributed by atoms with E-state index in [-0.39, 0.29) is 5.41 Å². The zero-order valence-electron chi connectivity index (χ0n) is 12.5. The third-order valence-electron chi connectivity index (χ3n) is 3.40. The van der Waals surface area contributed by atoms with Gasteiger partial charge in [-0.15, -0.1) is 11.3 Å². The van der Waals surface area contributed by atoms with Crippen LogP contribution in [0.4, 0.5) is 11.4 Å². The van der Waals surface area contributed by atoms with Crippen molar-refractivity contribution in [3.63, 3.8) is 0 Å². The molecule has 0 unspecified atom stereocenters. The Morgan fingerprint density at radius 1 is 1.33 bits per heavy atom. The Balaban J connectivity index is 2.22. The van der Waals surface area contributed by atoms with Gasteiger partial charge >= 0.3 is 5.97 Å². The van der Waals surface area contributed by atoms with Gasteiger partial charge in [0.25, 0.3) is 0 Å². The van der Waals surface area contributed by atoms with Crippen LogP contribution >= 0.6 is 11.3 Å².